The van der Waals surface area contributed by atoms with E-state index in [0.717, 1.165) is 5.56 Å². The van der Waals surface area contributed by atoms with Gasteiger partial charge in [-0.15, -0.1) is 12.6 Å². The number of rotatable bonds is 2. The number of carbonyl (C=O) groups excluding carboxylic acids is 1. The molecule has 0 saturated carbocycles. The van der Waals surface area contributed by atoms with E-state index in [0.29, 0.717) is 21.9 Å². The van der Waals surface area contributed by atoms with Crippen molar-refractivity contribution in [3.05, 3.63) is 27.8 Å². The van der Waals surface area contributed by atoms with E-state index in [1.54, 1.807) is 13.0 Å². The van der Waals surface area contributed by atoms with E-state index < -0.39 is 0 Å². The number of hydrogen-bond acceptors (Lipinski definition) is 2. The highest BCUT2D eigenvalue weighted by molar-refractivity contribution is 7.97. The van der Waals surface area contributed by atoms with Gasteiger partial charge in [-0.1, -0.05) is 11.6 Å². The molecule has 14 heavy (non-hydrogen) atoms. The summed E-state index contributed by atoms with van der Waals surface area (Å²) in [5.74, 6) is 0.518. The lowest BCUT2D eigenvalue weighted by molar-refractivity contribution is 0.108. The van der Waals surface area contributed by atoms with Gasteiger partial charge in [0.1, 0.15) is 5.75 Å². The Labute approximate surface area is 93.6 Å². The first-order valence-electron chi connectivity index (χ1n) is 4.06. The number of benzene rings is 1. The summed E-state index contributed by atoms with van der Waals surface area (Å²) in [6.07, 6.45) is 0. The Hall–Kier alpha value is -0.670. The zero-order valence-electron chi connectivity index (χ0n) is 8.22. The molecule has 0 aliphatic carbocycles. The third kappa shape index (κ3) is 1.88. The lowest BCUT2D eigenvalue weighted by atomic mass is 10.1. The van der Waals surface area contributed by atoms with Crippen LogP contribution in [-0.2, 0) is 0 Å². The third-order valence-corrected chi connectivity index (χ3v) is 2.88. The molecule has 1 rings (SSSR count). The average Bonchev–Trinajstić information content (AvgIpc) is 2.12. The maximum atomic E-state index is 11.2. The molecule has 76 valence electrons. The van der Waals surface area contributed by atoms with Crippen molar-refractivity contribution in [3.63, 3.8) is 0 Å². The van der Waals surface area contributed by atoms with E-state index in [9.17, 15) is 4.79 Å². The summed E-state index contributed by atoms with van der Waals surface area (Å²) in [6.45, 7) is 3.64. The van der Waals surface area contributed by atoms with Gasteiger partial charge in [0.25, 0.3) is 0 Å². The van der Waals surface area contributed by atoms with Gasteiger partial charge in [-0.3, -0.25) is 4.79 Å². The van der Waals surface area contributed by atoms with Gasteiger partial charge in [0, 0.05) is 5.02 Å². The van der Waals surface area contributed by atoms with Crippen LogP contribution in [0.15, 0.2) is 6.07 Å². The summed E-state index contributed by atoms with van der Waals surface area (Å²) in [4.78, 5) is 11.2. The van der Waals surface area contributed by atoms with Crippen LogP contribution < -0.4 is 4.74 Å². The van der Waals surface area contributed by atoms with Crippen molar-refractivity contribution >= 4 is 29.3 Å². The molecule has 2 nitrogen and oxygen atoms in total. The second kappa shape index (κ2) is 4.24. The molecular weight excluding hydrogens is 220 g/mol. The van der Waals surface area contributed by atoms with Crippen molar-refractivity contribution in [3.8, 4) is 5.75 Å². The molecule has 0 aliphatic rings. The zero-order valence-corrected chi connectivity index (χ0v) is 9.87. The zero-order chi connectivity index (χ0) is 10.9. The van der Waals surface area contributed by atoms with Gasteiger partial charge in [-0.2, -0.15) is 0 Å². The number of methoxy groups -OCH3 is 1. The van der Waals surface area contributed by atoms with Gasteiger partial charge < -0.3 is 4.74 Å². The fourth-order valence-corrected chi connectivity index (χ4v) is 1.78. The molecule has 0 atom stereocenters. The highest BCUT2D eigenvalue weighted by Gasteiger charge is 2.16. The number of hydrogen-bond donors (Lipinski definition) is 1. The molecule has 1 aromatic carbocycles. The fraction of sp³-hybridized carbons (Fsp3) is 0.300. The number of ether oxygens (including phenoxy) is 1. The second-order valence-electron chi connectivity index (χ2n) is 3.01. The van der Waals surface area contributed by atoms with E-state index in [1.807, 2.05) is 6.92 Å². The third-order valence-electron chi connectivity index (χ3n) is 2.08. The van der Waals surface area contributed by atoms with E-state index in [-0.39, 0.29) is 5.12 Å². The minimum atomic E-state index is -0.332. The van der Waals surface area contributed by atoms with E-state index >= 15 is 0 Å². The minimum absolute atomic E-state index is 0.332. The molecule has 0 unspecified atom stereocenters. The van der Waals surface area contributed by atoms with Crippen LogP contribution in [-0.4, -0.2) is 12.2 Å². The van der Waals surface area contributed by atoms with Crippen molar-refractivity contribution in [1.29, 1.82) is 0 Å². The van der Waals surface area contributed by atoms with Crippen LogP contribution in [0.3, 0.4) is 0 Å². The van der Waals surface area contributed by atoms with Crippen molar-refractivity contribution in [1.82, 2.24) is 0 Å². The summed E-state index contributed by atoms with van der Waals surface area (Å²) in [7, 11) is 1.52. The molecule has 0 N–H and O–H groups in total. The monoisotopic (exact) mass is 230 g/mol. The molecule has 0 amide bonds. The van der Waals surface area contributed by atoms with Crippen molar-refractivity contribution < 1.29 is 9.53 Å². The molecule has 0 aromatic heterocycles. The summed E-state index contributed by atoms with van der Waals surface area (Å²) in [5.41, 5.74) is 2.04. The van der Waals surface area contributed by atoms with Gasteiger partial charge in [-0.05, 0) is 31.0 Å². The number of aryl methyl sites for hydroxylation is 1. The lowest BCUT2D eigenvalue weighted by Crippen LogP contribution is -2.00. The Morgan fingerprint density at radius 3 is 2.50 bits per heavy atom. The molecule has 1 aromatic rings. The summed E-state index contributed by atoms with van der Waals surface area (Å²) < 4.78 is 5.09. The Kier molecular flexibility index (Phi) is 3.45. The molecule has 0 bridgehead atoms. The normalized spacial score (nSPS) is 10.1. The lowest BCUT2D eigenvalue weighted by Gasteiger charge is -2.12. The highest BCUT2D eigenvalue weighted by atomic mass is 35.5. The first-order chi connectivity index (χ1) is 6.49. The standard InChI is InChI=1S/C10H11ClO2S/c1-5-4-7(13-3)8(10(12)14)6(2)9(5)11/h4H,1-3H3,(H,12,14). The predicted molar refractivity (Wildman–Crippen MR) is 60.8 cm³/mol. The molecule has 0 heterocycles. The molecule has 0 radical (unpaired) electrons. The van der Waals surface area contributed by atoms with Gasteiger partial charge in [0.05, 0.1) is 12.7 Å². The maximum absolute atomic E-state index is 11.2. The summed E-state index contributed by atoms with van der Waals surface area (Å²) >= 11 is 9.80. The summed E-state index contributed by atoms with van der Waals surface area (Å²) in [6, 6.07) is 1.73. The van der Waals surface area contributed by atoms with Gasteiger partial charge >= 0.3 is 0 Å². The maximum Gasteiger partial charge on any atom is 0.220 e. The Balaban J connectivity index is 3.53. The number of carbonyl (C=O) groups is 1. The summed E-state index contributed by atoms with van der Waals surface area (Å²) in [5, 5.41) is 0.254. The quantitative estimate of drug-likeness (QED) is 0.791. The van der Waals surface area contributed by atoms with Crippen molar-refractivity contribution in [2.24, 2.45) is 0 Å². The van der Waals surface area contributed by atoms with Gasteiger partial charge in [0.15, 0.2) is 0 Å². The first-order valence-corrected chi connectivity index (χ1v) is 4.88. The van der Waals surface area contributed by atoms with Crippen LogP contribution in [0, 0.1) is 13.8 Å². The second-order valence-corrected chi connectivity index (χ2v) is 3.80. The van der Waals surface area contributed by atoms with Crippen LogP contribution >= 0.6 is 24.2 Å². The van der Waals surface area contributed by atoms with Crippen LogP contribution in [0.2, 0.25) is 5.02 Å². The van der Waals surface area contributed by atoms with Crippen LogP contribution in [0.25, 0.3) is 0 Å². The Bertz CT molecular complexity index is 388. The van der Waals surface area contributed by atoms with Crippen molar-refractivity contribution in [2.75, 3.05) is 7.11 Å². The Morgan fingerprint density at radius 1 is 1.50 bits per heavy atom. The highest BCUT2D eigenvalue weighted by Crippen LogP contribution is 2.32. The molecule has 0 fully saturated rings. The van der Waals surface area contributed by atoms with E-state index in [4.69, 9.17) is 16.3 Å². The average molecular weight is 231 g/mol. The van der Waals surface area contributed by atoms with Gasteiger partial charge in [0.2, 0.25) is 5.12 Å². The van der Waals surface area contributed by atoms with Crippen LogP contribution in [0.4, 0.5) is 0 Å². The van der Waals surface area contributed by atoms with E-state index in [2.05, 4.69) is 12.6 Å². The Morgan fingerprint density at radius 2 is 2.07 bits per heavy atom. The number of halogens is 1. The molecule has 0 spiro atoms. The van der Waals surface area contributed by atoms with Crippen LogP contribution in [0.5, 0.6) is 5.75 Å². The van der Waals surface area contributed by atoms with Crippen molar-refractivity contribution in [2.45, 2.75) is 13.8 Å². The number of thiol groups is 1. The predicted octanol–water partition coefficient (Wildman–Crippen LogP) is 3.04. The van der Waals surface area contributed by atoms with Gasteiger partial charge in [-0.25, -0.2) is 0 Å². The minimum Gasteiger partial charge on any atom is -0.496 e. The van der Waals surface area contributed by atoms with Crippen LogP contribution in [0.1, 0.15) is 21.5 Å². The molecule has 0 saturated heterocycles. The largest absolute Gasteiger partial charge is 0.496 e. The van der Waals surface area contributed by atoms with E-state index in [1.165, 1.54) is 7.11 Å². The molecule has 0 aliphatic heterocycles. The fourth-order valence-electron chi connectivity index (χ4n) is 1.35. The SMILES string of the molecule is COc1cc(C)c(Cl)c(C)c1C(=O)S. The smallest absolute Gasteiger partial charge is 0.220 e. The molecular formula is C10H11ClO2S. The molecule has 4 heteroatoms. The topological polar surface area (TPSA) is 26.3 Å². The first kappa shape index (κ1) is 11.4.